The number of nitrogens with one attached hydrogen (secondary N) is 2. The van der Waals surface area contributed by atoms with Crippen LogP contribution in [0.1, 0.15) is 40.0 Å². The normalized spacial score (nSPS) is 13.9. The molecule has 5 rings (SSSR count). The van der Waals surface area contributed by atoms with E-state index in [-0.39, 0.29) is 11.7 Å². The maximum atomic E-state index is 13.6. The van der Waals surface area contributed by atoms with E-state index < -0.39 is 0 Å². The molecule has 1 amide bonds. The van der Waals surface area contributed by atoms with Crippen molar-refractivity contribution in [3.05, 3.63) is 101 Å². The molecule has 2 aromatic carbocycles. The summed E-state index contributed by atoms with van der Waals surface area (Å²) in [6.45, 7) is 6.09. The lowest BCUT2D eigenvalue weighted by molar-refractivity contribution is 0.0638. The summed E-state index contributed by atoms with van der Waals surface area (Å²) >= 11 is 0. The highest BCUT2D eigenvalue weighted by molar-refractivity contribution is 5.94. The summed E-state index contributed by atoms with van der Waals surface area (Å²) in [5, 5.41) is 6.35. The predicted octanol–water partition coefficient (Wildman–Crippen LogP) is 5.85. The minimum atomic E-state index is -0.249. The molecule has 8 nitrogen and oxygen atoms in total. The maximum absolute atomic E-state index is 13.6. The van der Waals surface area contributed by atoms with Gasteiger partial charge in [0, 0.05) is 55.0 Å². The predicted molar refractivity (Wildman–Crippen MR) is 156 cm³/mol. The molecule has 2 N–H and O–H groups in total. The Balaban J connectivity index is 1.14. The second kappa shape index (κ2) is 12.2. The van der Waals surface area contributed by atoms with Gasteiger partial charge in [0.25, 0.3) is 5.91 Å². The summed E-state index contributed by atoms with van der Waals surface area (Å²) < 4.78 is 13.6. The van der Waals surface area contributed by atoms with Gasteiger partial charge in [-0.05, 0) is 99.5 Å². The van der Waals surface area contributed by atoms with Crippen LogP contribution < -0.4 is 10.6 Å². The van der Waals surface area contributed by atoms with Gasteiger partial charge in [0.1, 0.15) is 11.6 Å². The fraction of sp³-hybridized carbons (Fsp3) is 0.290. The van der Waals surface area contributed by atoms with Crippen LogP contribution in [0.5, 0.6) is 0 Å². The first-order valence-electron chi connectivity index (χ1n) is 13.5. The molecular formula is C31H34FN7O. The van der Waals surface area contributed by atoms with Crippen molar-refractivity contribution < 1.29 is 9.18 Å². The van der Waals surface area contributed by atoms with Gasteiger partial charge in [-0.2, -0.15) is 4.98 Å². The minimum Gasteiger partial charge on any atom is -0.340 e. The van der Waals surface area contributed by atoms with Crippen LogP contribution in [0, 0.1) is 19.7 Å². The Morgan fingerprint density at radius 1 is 0.950 bits per heavy atom. The highest BCUT2D eigenvalue weighted by Crippen LogP contribution is 2.22. The molecule has 0 aliphatic carbocycles. The number of carbonyl (C=O) groups is 1. The average molecular weight is 540 g/mol. The van der Waals surface area contributed by atoms with Crippen LogP contribution in [0.2, 0.25) is 0 Å². The number of hydrogen-bond donors (Lipinski definition) is 2. The Bertz CT molecular complexity index is 1470. The Morgan fingerprint density at radius 3 is 2.42 bits per heavy atom. The molecule has 0 spiro atoms. The summed E-state index contributed by atoms with van der Waals surface area (Å²) in [4.78, 5) is 30.8. The summed E-state index contributed by atoms with van der Waals surface area (Å²) in [7, 11) is 2.14. The first-order chi connectivity index (χ1) is 19.4. The van der Waals surface area contributed by atoms with E-state index in [9.17, 15) is 9.18 Å². The zero-order valence-electron chi connectivity index (χ0n) is 23.1. The molecule has 206 valence electrons. The standard InChI is InChI=1S/C31H34FN7O/c1-21-5-4-15-33-28(21)20-38(3)26-13-17-39(18-14-26)30(40)23-6-8-24(9-7-23)36-31-34-16-12-29(37-31)35-25-10-11-27(32)22(2)19-25/h4-12,15-16,19,26H,13-14,17-18,20H2,1-3H3,(H2,34,35,36,37). The van der Waals surface area contributed by atoms with E-state index >= 15 is 0 Å². The molecule has 1 fully saturated rings. The number of likely N-dealkylation sites (tertiary alicyclic amines) is 1. The van der Waals surface area contributed by atoms with Crippen molar-refractivity contribution in [1.29, 1.82) is 0 Å². The van der Waals surface area contributed by atoms with Crippen molar-refractivity contribution in [2.24, 2.45) is 0 Å². The van der Waals surface area contributed by atoms with E-state index in [1.54, 1.807) is 31.3 Å². The Morgan fingerprint density at radius 2 is 1.70 bits per heavy atom. The van der Waals surface area contributed by atoms with Gasteiger partial charge in [-0.15, -0.1) is 0 Å². The second-order valence-corrected chi connectivity index (χ2v) is 10.3. The SMILES string of the molecule is Cc1cc(Nc2ccnc(Nc3ccc(C(=O)N4CCC(N(C)Cc5ncccc5C)CC4)cc3)n2)ccc1F. The Hall–Kier alpha value is -4.37. The summed E-state index contributed by atoms with van der Waals surface area (Å²) in [6.07, 6.45) is 5.36. The number of rotatable bonds is 8. The lowest BCUT2D eigenvalue weighted by atomic mass is 10.0. The van der Waals surface area contributed by atoms with Crippen LogP contribution in [0.15, 0.2) is 73.1 Å². The van der Waals surface area contributed by atoms with Gasteiger partial charge in [0.15, 0.2) is 0 Å². The van der Waals surface area contributed by atoms with E-state index in [1.807, 2.05) is 41.4 Å². The second-order valence-electron chi connectivity index (χ2n) is 10.3. The zero-order chi connectivity index (χ0) is 28.1. The average Bonchev–Trinajstić information content (AvgIpc) is 2.96. The fourth-order valence-corrected chi connectivity index (χ4v) is 4.93. The third-order valence-electron chi connectivity index (χ3n) is 7.37. The number of carbonyl (C=O) groups excluding carboxylic acids is 1. The van der Waals surface area contributed by atoms with Crippen LogP contribution in [0.4, 0.5) is 27.5 Å². The van der Waals surface area contributed by atoms with Gasteiger partial charge in [0.2, 0.25) is 5.95 Å². The van der Waals surface area contributed by atoms with E-state index in [1.165, 1.54) is 11.6 Å². The van der Waals surface area contributed by atoms with Gasteiger partial charge < -0.3 is 15.5 Å². The first-order valence-corrected chi connectivity index (χ1v) is 13.5. The number of aromatic nitrogens is 3. The molecular weight excluding hydrogens is 505 g/mol. The first kappa shape index (κ1) is 27.2. The number of piperidine rings is 1. The summed E-state index contributed by atoms with van der Waals surface area (Å²) in [6, 6.07) is 18.4. The van der Waals surface area contributed by atoms with E-state index in [0.717, 1.165) is 49.5 Å². The highest BCUT2D eigenvalue weighted by atomic mass is 19.1. The zero-order valence-corrected chi connectivity index (χ0v) is 23.1. The fourth-order valence-electron chi connectivity index (χ4n) is 4.93. The van der Waals surface area contributed by atoms with Crippen LogP contribution in [-0.2, 0) is 6.54 Å². The minimum absolute atomic E-state index is 0.0465. The quantitative estimate of drug-likeness (QED) is 0.290. The molecule has 0 radical (unpaired) electrons. The third-order valence-corrected chi connectivity index (χ3v) is 7.37. The monoisotopic (exact) mass is 539 g/mol. The largest absolute Gasteiger partial charge is 0.340 e. The number of aryl methyl sites for hydroxylation is 2. The van der Waals surface area contributed by atoms with Crippen LogP contribution in [0.3, 0.4) is 0 Å². The van der Waals surface area contributed by atoms with Crippen molar-refractivity contribution in [2.45, 2.75) is 39.3 Å². The van der Waals surface area contributed by atoms with Crippen molar-refractivity contribution in [1.82, 2.24) is 24.8 Å². The number of nitrogens with zero attached hydrogens (tertiary/aromatic N) is 5. The number of anilines is 4. The van der Waals surface area contributed by atoms with Crippen molar-refractivity contribution >= 4 is 29.0 Å². The summed E-state index contributed by atoms with van der Waals surface area (Å²) in [5.74, 6) is 0.793. The van der Waals surface area contributed by atoms with E-state index in [4.69, 9.17) is 0 Å². The maximum Gasteiger partial charge on any atom is 0.253 e. The molecule has 1 saturated heterocycles. The van der Waals surface area contributed by atoms with Crippen molar-refractivity contribution in [3.8, 4) is 0 Å². The van der Waals surface area contributed by atoms with Crippen LogP contribution in [-0.4, -0.2) is 56.8 Å². The van der Waals surface area contributed by atoms with E-state index in [2.05, 4.69) is 50.5 Å². The molecule has 40 heavy (non-hydrogen) atoms. The lowest BCUT2D eigenvalue weighted by Gasteiger charge is -2.36. The molecule has 1 aliphatic heterocycles. The van der Waals surface area contributed by atoms with Crippen LogP contribution in [0.25, 0.3) is 0 Å². The van der Waals surface area contributed by atoms with Gasteiger partial charge in [0.05, 0.1) is 5.69 Å². The smallest absolute Gasteiger partial charge is 0.253 e. The molecule has 1 aliphatic rings. The number of pyridine rings is 1. The Labute approximate surface area is 234 Å². The molecule has 0 unspecified atom stereocenters. The van der Waals surface area contributed by atoms with Gasteiger partial charge in [-0.1, -0.05) is 6.07 Å². The highest BCUT2D eigenvalue weighted by Gasteiger charge is 2.26. The molecule has 9 heteroatoms. The number of amides is 1. The molecule has 2 aromatic heterocycles. The number of benzene rings is 2. The molecule has 0 atom stereocenters. The summed E-state index contributed by atoms with van der Waals surface area (Å²) in [5.41, 5.74) is 5.04. The lowest BCUT2D eigenvalue weighted by Crippen LogP contribution is -2.45. The van der Waals surface area contributed by atoms with Crippen molar-refractivity contribution in [2.75, 3.05) is 30.8 Å². The molecule has 4 aromatic rings. The van der Waals surface area contributed by atoms with E-state index in [0.29, 0.717) is 28.9 Å². The molecule has 0 bridgehead atoms. The number of hydrogen-bond acceptors (Lipinski definition) is 7. The number of halogens is 1. The van der Waals surface area contributed by atoms with Gasteiger partial charge in [-0.25, -0.2) is 9.37 Å². The van der Waals surface area contributed by atoms with Crippen LogP contribution >= 0.6 is 0 Å². The van der Waals surface area contributed by atoms with Gasteiger partial charge in [-0.3, -0.25) is 14.7 Å². The van der Waals surface area contributed by atoms with Gasteiger partial charge >= 0.3 is 0 Å². The molecule has 3 heterocycles. The molecule has 0 saturated carbocycles. The third kappa shape index (κ3) is 6.60. The Kier molecular flexibility index (Phi) is 8.31. The topological polar surface area (TPSA) is 86.3 Å². The van der Waals surface area contributed by atoms with Crippen molar-refractivity contribution in [3.63, 3.8) is 0 Å².